The molecule has 0 radical (unpaired) electrons. The van der Waals surface area contributed by atoms with Gasteiger partial charge in [-0.3, -0.25) is 0 Å². The third kappa shape index (κ3) is 4.73. The summed E-state index contributed by atoms with van der Waals surface area (Å²) in [6.45, 7) is 13.4. The molecule has 2 rings (SSSR count). The van der Waals surface area contributed by atoms with Gasteiger partial charge in [-0.2, -0.15) is 0 Å². The summed E-state index contributed by atoms with van der Waals surface area (Å²) in [5, 5.41) is 0. The van der Waals surface area contributed by atoms with Crippen molar-refractivity contribution in [3.05, 3.63) is 41.4 Å². The SMILES string of the molecule is CC(C)(C)OCCC(=C(F)B1OC(C)(C)C(C)(C)O1)c1ccccc1F. The van der Waals surface area contributed by atoms with Crippen LogP contribution in [0.4, 0.5) is 8.78 Å². The maximum atomic E-state index is 15.4. The van der Waals surface area contributed by atoms with Crippen LogP contribution in [-0.2, 0) is 14.0 Å². The minimum absolute atomic E-state index is 0.206. The Hall–Kier alpha value is -1.24. The first-order valence-corrected chi connectivity index (χ1v) is 8.97. The summed E-state index contributed by atoms with van der Waals surface area (Å²) >= 11 is 0. The first kappa shape index (κ1) is 21.1. The Morgan fingerprint density at radius 3 is 2.12 bits per heavy atom. The normalized spacial score (nSPS) is 20.3. The zero-order valence-corrected chi connectivity index (χ0v) is 16.8. The molecule has 6 heteroatoms. The number of hydrogen-bond acceptors (Lipinski definition) is 3. The van der Waals surface area contributed by atoms with Crippen LogP contribution >= 0.6 is 0 Å². The van der Waals surface area contributed by atoms with Crippen LogP contribution in [0.25, 0.3) is 5.57 Å². The molecule has 26 heavy (non-hydrogen) atoms. The minimum Gasteiger partial charge on any atom is -0.398 e. The smallest absolute Gasteiger partial charge is 0.398 e. The third-order valence-electron chi connectivity index (χ3n) is 4.83. The summed E-state index contributed by atoms with van der Waals surface area (Å²) in [5.74, 6) is -0.482. The van der Waals surface area contributed by atoms with Gasteiger partial charge in [0.05, 0.1) is 23.4 Å². The van der Waals surface area contributed by atoms with Gasteiger partial charge in [-0.1, -0.05) is 18.2 Å². The molecule has 1 aliphatic heterocycles. The van der Waals surface area contributed by atoms with Gasteiger partial charge < -0.3 is 14.0 Å². The fraction of sp³-hybridized carbons (Fsp3) is 0.600. The molecule has 1 saturated heterocycles. The van der Waals surface area contributed by atoms with Crippen molar-refractivity contribution in [1.82, 2.24) is 0 Å². The van der Waals surface area contributed by atoms with Crippen molar-refractivity contribution in [3.63, 3.8) is 0 Å². The van der Waals surface area contributed by atoms with Crippen molar-refractivity contribution < 1.29 is 22.8 Å². The predicted octanol–water partition coefficient (Wildman–Crippen LogP) is 5.34. The molecule has 0 amide bonds. The zero-order valence-electron chi connectivity index (χ0n) is 16.8. The van der Waals surface area contributed by atoms with Crippen LogP contribution in [0.5, 0.6) is 0 Å². The molecular weight excluding hydrogens is 337 g/mol. The van der Waals surface area contributed by atoms with E-state index in [0.717, 1.165) is 0 Å². The van der Waals surface area contributed by atoms with Crippen LogP contribution < -0.4 is 0 Å². The Kier molecular flexibility index (Phi) is 6.01. The van der Waals surface area contributed by atoms with Crippen LogP contribution in [-0.4, -0.2) is 30.5 Å². The van der Waals surface area contributed by atoms with E-state index < -0.39 is 29.9 Å². The summed E-state index contributed by atoms with van der Waals surface area (Å²) in [5.41, 5.74) is -1.88. The maximum absolute atomic E-state index is 15.4. The second-order valence-electron chi connectivity index (χ2n) is 8.61. The highest BCUT2D eigenvalue weighted by Crippen LogP contribution is 2.41. The van der Waals surface area contributed by atoms with Gasteiger partial charge in [0.1, 0.15) is 11.5 Å². The quantitative estimate of drug-likeness (QED) is 0.658. The lowest BCUT2D eigenvalue weighted by Gasteiger charge is -2.32. The molecule has 0 atom stereocenters. The first-order chi connectivity index (χ1) is 11.8. The average molecular weight is 366 g/mol. The van der Waals surface area contributed by atoms with Crippen molar-refractivity contribution in [2.24, 2.45) is 0 Å². The fourth-order valence-corrected chi connectivity index (χ4v) is 2.64. The van der Waals surface area contributed by atoms with Crippen molar-refractivity contribution in [2.75, 3.05) is 6.61 Å². The van der Waals surface area contributed by atoms with Gasteiger partial charge in [0.15, 0.2) is 0 Å². The van der Waals surface area contributed by atoms with Gasteiger partial charge >= 0.3 is 7.12 Å². The van der Waals surface area contributed by atoms with Crippen LogP contribution in [0.3, 0.4) is 0 Å². The lowest BCUT2D eigenvalue weighted by Crippen LogP contribution is -2.41. The molecule has 0 aromatic heterocycles. The highest BCUT2D eigenvalue weighted by Gasteiger charge is 2.53. The number of hydrogen-bond donors (Lipinski definition) is 0. The molecule has 1 aliphatic rings. The monoisotopic (exact) mass is 366 g/mol. The maximum Gasteiger partial charge on any atom is 0.525 e. The number of rotatable bonds is 5. The third-order valence-corrected chi connectivity index (χ3v) is 4.83. The molecule has 1 aromatic carbocycles. The lowest BCUT2D eigenvalue weighted by molar-refractivity contribution is 0.000553. The van der Waals surface area contributed by atoms with E-state index in [-0.39, 0.29) is 29.8 Å². The van der Waals surface area contributed by atoms with Gasteiger partial charge in [0.25, 0.3) is 0 Å². The van der Waals surface area contributed by atoms with E-state index in [0.29, 0.717) is 0 Å². The second kappa shape index (κ2) is 7.41. The van der Waals surface area contributed by atoms with Crippen LogP contribution in [0.15, 0.2) is 30.0 Å². The zero-order chi connectivity index (χ0) is 19.8. The largest absolute Gasteiger partial charge is 0.525 e. The van der Waals surface area contributed by atoms with E-state index in [1.807, 2.05) is 48.5 Å². The van der Waals surface area contributed by atoms with Gasteiger partial charge in [-0.05, 0) is 66.5 Å². The minimum atomic E-state index is -1.16. The number of ether oxygens (including phenoxy) is 1. The molecule has 144 valence electrons. The van der Waals surface area contributed by atoms with Gasteiger partial charge in [0.2, 0.25) is 0 Å². The van der Waals surface area contributed by atoms with Gasteiger partial charge in [-0.15, -0.1) is 0 Å². The first-order valence-electron chi connectivity index (χ1n) is 8.97. The van der Waals surface area contributed by atoms with E-state index in [1.54, 1.807) is 18.2 Å². The van der Waals surface area contributed by atoms with E-state index in [1.165, 1.54) is 6.07 Å². The van der Waals surface area contributed by atoms with E-state index in [2.05, 4.69) is 0 Å². The van der Waals surface area contributed by atoms with Gasteiger partial charge in [-0.25, -0.2) is 8.78 Å². The summed E-state index contributed by atoms with van der Waals surface area (Å²) in [6, 6.07) is 6.14. The van der Waals surface area contributed by atoms with Crippen LogP contribution in [0, 0.1) is 5.82 Å². The van der Waals surface area contributed by atoms with Crippen molar-refractivity contribution in [2.45, 2.75) is 71.7 Å². The molecule has 0 saturated carbocycles. The number of benzene rings is 1. The fourth-order valence-electron chi connectivity index (χ4n) is 2.64. The van der Waals surface area contributed by atoms with Gasteiger partial charge in [0, 0.05) is 5.56 Å². The van der Waals surface area contributed by atoms with Crippen molar-refractivity contribution in [1.29, 1.82) is 0 Å². The predicted molar refractivity (Wildman–Crippen MR) is 101 cm³/mol. The highest BCUT2D eigenvalue weighted by molar-refractivity contribution is 6.55. The topological polar surface area (TPSA) is 27.7 Å². The Balaban J connectivity index is 2.36. The van der Waals surface area contributed by atoms with Crippen LogP contribution in [0.2, 0.25) is 0 Å². The molecule has 1 fully saturated rings. The Morgan fingerprint density at radius 2 is 1.62 bits per heavy atom. The summed E-state index contributed by atoms with van der Waals surface area (Å²) in [7, 11) is -1.16. The molecule has 0 N–H and O–H groups in total. The highest BCUT2D eigenvalue weighted by atomic mass is 19.1. The Labute approximate surface area is 155 Å². The molecule has 0 aliphatic carbocycles. The summed E-state index contributed by atoms with van der Waals surface area (Å²) in [6.07, 6.45) is 0.216. The lowest BCUT2D eigenvalue weighted by atomic mass is 9.81. The van der Waals surface area contributed by atoms with Crippen LogP contribution in [0.1, 0.15) is 60.5 Å². The summed E-state index contributed by atoms with van der Waals surface area (Å²) < 4.78 is 47.0. The van der Waals surface area contributed by atoms with Crippen molar-refractivity contribution >= 4 is 12.7 Å². The molecule has 0 unspecified atom stereocenters. The molecule has 0 bridgehead atoms. The summed E-state index contributed by atoms with van der Waals surface area (Å²) in [4.78, 5) is 0. The van der Waals surface area contributed by atoms with E-state index in [9.17, 15) is 4.39 Å². The van der Waals surface area contributed by atoms with Crippen molar-refractivity contribution in [3.8, 4) is 0 Å². The Bertz CT molecular complexity index is 662. The second-order valence-corrected chi connectivity index (χ2v) is 8.61. The molecule has 1 aromatic rings. The Morgan fingerprint density at radius 1 is 1.08 bits per heavy atom. The van der Waals surface area contributed by atoms with E-state index in [4.69, 9.17) is 14.0 Å². The molecular formula is C20H29BF2O3. The van der Waals surface area contributed by atoms with E-state index >= 15 is 4.39 Å². The average Bonchev–Trinajstić information content (AvgIpc) is 2.71. The standard InChI is InChI=1S/C20H29BF2O3/c1-18(2,3)24-13-12-15(14-10-8-9-11-16(14)22)17(23)21-25-19(4,5)20(6,7)26-21/h8-11H,12-13H2,1-7H3. The molecule has 0 spiro atoms. The number of halogens is 2. The molecule has 3 nitrogen and oxygen atoms in total. The molecule has 1 heterocycles.